The molecule has 14 heavy (non-hydrogen) atoms. The van der Waals surface area contributed by atoms with Gasteiger partial charge in [-0.3, -0.25) is 0 Å². The van der Waals surface area contributed by atoms with Crippen LogP contribution in [0.4, 0.5) is 0 Å². The minimum atomic E-state index is -1.02. The zero-order valence-electron chi connectivity index (χ0n) is 7.14. The number of aromatic carboxylic acids is 1. The van der Waals surface area contributed by atoms with Crippen molar-refractivity contribution in [1.29, 1.82) is 0 Å². The molecule has 1 aromatic heterocycles. The van der Waals surface area contributed by atoms with Gasteiger partial charge in [0.2, 0.25) is 0 Å². The van der Waals surface area contributed by atoms with E-state index in [2.05, 4.69) is 17.6 Å². The minimum Gasteiger partial charge on any atom is -0.477 e. The van der Waals surface area contributed by atoms with Crippen molar-refractivity contribution in [2.45, 2.75) is 4.90 Å². The van der Waals surface area contributed by atoms with Gasteiger partial charge in [-0.1, -0.05) is 12.1 Å². The lowest BCUT2D eigenvalue weighted by atomic mass is 10.2. The summed E-state index contributed by atoms with van der Waals surface area (Å²) in [4.78, 5) is 15.4. The van der Waals surface area contributed by atoms with Gasteiger partial charge in [0.1, 0.15) is 5.69 Å². The summed E-state index contributed by atoms with van der Waals surface area (Å²) in [5, 5.41) is 9.64. The number of hydrogen-bond acceptors (Lipinski definition) is 3. The van der Waals surface area contributed by atoms with E-state index in [0.29, 0.717) is 5.52 Å². The zero-order valence-corrected chi connectivity index (χ0v) is 8.03. The van der Waals surface area contributed by atoms with Crippen LogP contribution in [0.2, 0.25) is 0 Å². The van der Waals surface area contributed by atoms with Crippen molar-refractivity contribution in [3.63, 3.8) is 0 Å². The van der Waals surface area contributed by atoms with Crippen LogP contribution in [0.5, 0.6) is 0 Å². The maximum atomic E-state index is 10.6. The molecule has 0 spiro atoms. The molecule has 4 heteroatoms. The average molecular weight is 205 g/mol. The maximum absolute atomic E-state index is 10.6. The summed E-state index contributed by atoms with van der Waals surface area (Å²) in [6, 6.07) is 8.66. The van der Waals surface area contributed by atoms with Gasteiger partial charge in [-0.05, 0) is 18.2 Å². The first-order chi connectivity index (χ1) is 6.66. The second-order valence-electron chi connectivity index (χ2n) is 2.88. The lowest BCUT2D eigenvalue weighted by Gasteiger charge is -1.99. The van der Waals surface area contributed by atoms with Gasteiger partial charge in [-0.2, -0.15) is 0 Å². The molecule has 0 aliphatic rings. The van der Waals surface area contributed by atoms with E-state index in [9.17, 15) is 4.79 Å². The largest absolute Gasteiger partial charge is 0.477 e. The predicted octanol–water partition coefficient (Wildman–Crippen LogP) is 2.22. The van der Waals surface area contributed by atoms with E-state index < -0.39 is 5.97 Å². The summed E-state index contributed by atoms with van der Waals surface area (Å²) in [7, 11) is 0. The Balaban J connectivity index is 2.69. The molecular weight excluding hydrogens is 198 g/mol. The summed E-state index contributed by atoms with van der Waals surface area (Å²) in [6.07, 6.45) is 0. The third kappa shape index (κ3) is 1.56. The van der Waals surface area contributed by atoms with Gasteiger partial charge in [-0.15, -0.1) is 12.6 Å². The maximum Gasteiger partial charge on any atom is 0.354 e. The summed E-state index contributed by atoms with van der Waals surface area (Å²) >= 11 is 4.16. The second-order valence-corrected chi connectivity index (χ2v) is 3.40. The van der Waals surface area contributed by atoms with Crippen molar-refractivity contribution in [3.05, 3.63) is 36.0 Å². The summed E-state index contributed by atoms with van der Waals surface area (Å²) in [5.41, 5.74) is 0.703. The van der Waals surface area contributed by atoms with E-state index in [1.165, 1.54) is 6.07 Å². The highest BCUT2D eigenvalue weighted by molar-refractivity contribution is 7.80. The fourth-order valence-electron chi connectivity index (χ4n) is 1.22. The van der Waals surface area contributed by atoms with Gasteiger partial charge in [0.25, 0.3) is 0 Å². The van der Waals surface area contributed by atoms with Gasteiger partial charge in [0.05, 0.1) is 5.52 Å². The Morgan fingerprint density at radius 2 is 2.00 bits per heavy atom. The monoisotopic (exact) mass is 205 g/mol. The first kappa shape index (κ1) is 9.02. The number of rotatable bonds is 1. The molecule has 0 amide bonds. The smallest absolute Gasteiger partial charge is 0.354 e. The molecule has 0 radical (unpaired) electrons. The fraction of sp³-hybridized carbons (Fsp3) is 0. The predicted molar refractivity (Wildman–Crippen MR) is 56.0 cm³/mol. The number of carbonyl (C=O) groups is 1. The van der Waals surface area contributed by atoms with E-state index in [1.807, 2.05) is 12.1 Å². The van der Waals surface area contributed by atoms with Gasteiger partial charge in [0.15, 0.2) is 0 Å². The van der Waals surface area contributed by atoms with Gasteiger partial charge >= 0.3 is 5.97 Å². The third-order valence-electron chi connectivity index (χ3n) is 1.89. The van der Waals surface area contributed by atoms with E-state index in [1.54, 1.807) is 12.1 Å². The summed E-state index contributed by atoms with van der Waals surface area (Å²) < 4.78 is 0. The van der Waals surface area contributed by atoms with Gasteiger partial charge < -0.3 is 5.11 Å². The van der Waals surface area contributed by atoms with E-state index in [0.717, 1.165) is 10.3 Å². The normalized spacial score (nSPS) is 10.4. The molecule has 70 valence electrons. The van der Waals surface area contributed by atoms with Crippen LogP contribution in [0.15, 0.2) is 35.2 Å². The number of benzene rings is 1. The Morgan fingerprint density at radius 3 is 2.71 bits per heavy atom. The highest BCUT2D eigenvalue weighted by Gasteiger charge is 2.04. The van der Waals surface area contributed by atoms with Crippen LogP contribution >= 0.6 is 12.6 Å². The molecule has 0 aliphatic carbocycles. The fourth-order valence-corrected chi connectivity index (χ4v) is 1.42. The lowest BCUT2D eigenvalue weighted by Crippen LogP contribution is -1.99. The standard InChI is InChI=1S/C10H7NO2S/c12-10(13)8-4-2-6-1-3-7(14)5-9(6)11-8/h1-5,14H,(H,12,13). The zero-order chi connectivity index (χ0) is 10.1. The number of nitrogens with zero attached hydrogens (tertiary/aromatic N) is 1. The summed E-state index contributed by atoms with van der Waals surface area (Å²) in [5.74, 6) is -1.02. The molecule has 1 aromatic carbocycles. The van der Waals surface area contributed by atoms with Crippen molar-refractivity contribution in [3.8, 4) is 0 Å². The van der Waals surface area contributed by atoms with Crippen LogP contribution < -0.4 is 0 Å². The molecule has 0 aliphatic heterocycles. The molecule has 1 heterocycles. The number of aromatic nitrogens is 1. The van der Waals surface area contributed by atoms with Gasteiger partial charge in [0, 0.05) is 10.3 Å². The Hall–Kier alpha value is -1.55. The van der Waals surface area contributed by atoms with E-state index in [4.69, 9.17) is 5.11 Å². The second kappa shape index (κ2) is 3.31. The first-order valence-electron chi connectivity index (χ1n) is 4.00. The molecular formula is C10H7NO2S. The first-order valence-corrected chi connectivity index (χ1v) is 4.44. The highest BCUT2D eigenvalue weighted by Crippen LogP contribution is 2.16. The van der Waals surface area contributed by atoms with Crippen LogP contribution in [-0.4, -0.2) is 16.1 Å². The van der Waals surface area contributed by atoms with Crippen LogP contribution in [0.3, 0.4) is 0 Å². The molecule has 2 aromatic rings. The van der Waals surface area contributed by atoms with Crippen LogP contribution in [0.25, 0.3) is 10.9 Å². The van der Waals surface area contributed by atoms with Crippen molar-refractivity contribution < 1.29 is 9.90 Å². The topological polar surface area (TPSA) is 50.2 Å². The van der Waals surface area contributed by atoms with Gasteiger partial charge in [-0.25, -0.2) is 9.78 Å². The van der Waals surface area contributed by atoms with Crippen molar-refractivity contribution >= 4 is 29.5 Å². The molecule has 0 saturated carbocycles. The molecule has 0 fully saturated rings. The van der Waals surface area contributed by atoms with E-state index >= 15 is 0 Å². The number of fused-ring (bicyclic) bond motifs is 1. The molecule has 0 atom stereocenters. The molecule has 2 rings (SSSR count). The van der Waals surface area contributed by atoms with Crippen LogP contribution in [0.1, 0.15) is 10.5 Å². The number of carboxylic acid groups (broad SMARTS) is 1. The average Bonchev–Trinajstić information content (AvgIpc) is 2.16. The Labute approximate surface area is 85.8 Å². The quantitative estimate of drug-likeness (QED) is 0.702. The third-order valence-corrected chi connectivity index (χ3v) is 2.17. The van der Waals surface area contributed by atoms with Crippen LogP contribution in [-0.2, 0) is 0 Å². The summed E-state index contributed by atoms with van der Waals surface area (Å²) in [6.45, 7) is 0. The number of thiol groups is 1. The minimum absolute atomic E-state index is 0.0523. The number of pyridine rings is 1. The number of hydrogen-bond donors (Lipinski definition) is 2. The Morgan fingerprint density at radius 1 is 1.29 bits per heavy atom. The number of carboxylic acids is 1. The molecule has 1 N–H and O–H groups in total. The molecule has 0 saturated heterocycles. The molecule has 0 bridgehead atoms. The lowest BCUT2D eigenvalue weighted by molar-refractivity contribution is 0.0691. The Kier molecular flexibility index (Phi) is 2.13. The van der Waals surface area contributed by atoms with Crippen LogP contribution in [0, 0.1) is 0 Å². The van der Waals surface area contributed by atoms with Crippen molar-refractivity contribution in [1.82, 2.24) is 4.98 Å². The SMILES string of the molecule is O=C(O)c1ccc2ccc(S)cc2n1. The molecule has 3 nitrogen and oxygen atoms in total. The Bertz CT molecular complexity index is 510. The van der Waals surface area contributed by atoms with Crippen molar-refractivity contribution in [2.75, 3.05) is 0 Å². The highest BCUT2D eigenvalue weighted by atomic mass is 32.1. The van der Waals surface area contributed by atoms with E-state index in [-0.39, 0.29) is 5.69 Å². The molecule has 0 unspecified atom stereocenters. The van der Waals surface area contributed by atoms with Crippen molar-refractivity contribution in [2.24, 2.45) is 0 Å².